The predicted octanol–water partition coefficient (Wildman–Crippen LogP) is 3.35. The molecule has 0 aliphatic carbocycles. The van der Waals surface area contributed by atoms with Crippen LogP contribution in [0.1, 0.15) is 17.3 Å². The molecule has 0 spiro atoms. The molecule has 2 aromatic rings. The van der Waals surface area contributed by atoms with Gasteiger partial charge in [-0.3, -0.25) is 4.79 Å². The molecule has 0 saturated heterocycles. The molecule has 22 heavy (non-hydrogen) atoms. The highest BCUT2D eigenvalue weighted by atomic mass is 16.5. The van der Waals surface area contributed by atoms with E-state index >= 15 is 0 Å². The van der Waals surface area contributed by atoms with E-state index in [1.807, 2.05) is 6.92 Å². The van der Waals surface area contributed by atoms with Crippen molar-refractivity contribution in [3.8, 4) is 17.2 Å². The Morgan fingerprint density at radius 1 is 1.00 bits per heavy atom. The first-order valence-electron chi connectivity index (χ1n) is 6.94. The van der Waals surface area contributed by atoms with E-state index in [4.69, 9.17) is 14.2 Å². The van der Waals surface area contributed by atoms with Crippen LogP contribution in [-0.4, -0.2) is 26.7 Å². The van der Waals surface area contributed by atoms with E-state index in [0.29, 0.717) is 35.1 Å². The molecule has 0 radical (unpaired) electrons. The molecule has 5 nitrogen and oxygen atoms in total. The molecule has 116 valence electrons. The van der Waals surface area contributed by atoms with Crippen molar-refractivity contribution < 1.29 is 19.0 Å². The summed E-state index contributed by atoms with van der Waals surface area (Å²) in [6, 6.07) is 12.2. The fourth-order valence-corrected chi connectivity index (χ4v) is 1.97. The average molecular weight is 301 g/mol. The molecule has 0 heterocycles. The van der Waals surface area contributed by atoms with E-state index in [9.17, 15) is 4.79 Å². The van der Waals surface area contributed by atoms with Crippen molar-refractivity contribution in [2.75, 3.05) is 26.1 Å². The highest BCUT2D eigenvalue weighted by Crippen LogP contribution is 2.30. The Hall–Kier alpha value is -2.69. The summed E-state index contributed by atoms with van der Waals surface area (Å²) < 4.78 is 15.8. The molecule has 5 heteroatoms. The maximum absolute atomic E-state index is 12.2. The zero-order valence-corrected chi connectivity index (χ0v) is 12.9. The lowest BCUT2D eigenvalue weighted by atomic mass is 10.2. The number of carbonyl (C=O) groups is 1. The maximum atomic E-state index is 12.2. The molecule has 2 aromatic carbocycles. The Balaban J connectivity index is 2.14. The molecule has 0 unspecified atom stereocenters. The number of amides is 1. The van der Waals surface area contributed by atoms with Crippen molar-refractivity contribution in [3.05, 3.63) is 48.0 Å². The second-order valence-corrected chi connectivity index (χ2v) is 4.48. The predicted molar refractivity (Wildman–Crippen MR) is 85.1 cm³/mol. The van der Waals surface area contributed by atoms with Crippen LogP contribution in [-0.2, 0) is 0 Å². The van der Waals surface area contributed by atoms with Crippen molar-refractivity contribution in [1.82, 2.24) is 0 Å². The Labute approximate surface area is 129 Å². The number of methoxy groups -OCH3 is 2. The van der Waals surface area contributed by atoms with Gasteiger partial charge in [-0.1, -0.05) is 0 Å². The Kier molecular flexibility index (Phi) is 5.25. The molecule has 0 atom stereocenters. The van der Waals surface area contributed by atoms with Gasteiger partial charge in [-0.05, 0) is 43.3 Å². The number of hydrogen-bond donors (Lipinski definition) is 1. The molecular weight excluding hydrogens is 282 g/mol. The lowest BCUT2D eigenvalue weighted by Crippen LogP contribution is -2.12. The van der Waals surface area contributed by atoms with Gasteiger partial charge >= 0.3 is 0 Å². The number of hydrogen-bond acceptors (Lipinski definition) is 4. The Morgan fingerprint density at radius 3 is 2.32 bits per heavy atom. The van der Waals surface area contributed by atoms with Crippen molar-refractivity contribution in [3.63, 3.8) is 0 Å². The van der Waals surface area contributed by atoms with Crippen molar-refractivity contribution in [2.24, 2.45) is 0 Å². The summed E-state index contributed by atoms with van der Waals surface area (Å²) in [6.45, 7) is 2.41. The van der Waals surface area contributed by atoms with Crippen LogP contribution in [0, 0.1) is 0 Å². The number of nitrogens with one attached hydrogen (secondary N) is 1. The monoisotopic (exact) mass is 301 g/mol. The van der Waals surface area contributed by atoms with Gasteiger partial charge in [-0.15, -0.1) is 0 Å². The molecule has 0 aliphatic rings. The second-order valence-electron chi connectivity index (χ2n) is 4.48. The van der Waals surface area contributed by atoms with Gasteiger partial charge in [-0.2, -0.15) is 0 Å². The van der Waals surface area contributed by atoms with Crippen molar-refractivity contribution >= 4 is 11.6 Å². The quantitative estimate of drug-likeness (QED) is 0.889. The first kappa shape index (κ1) is 15.7. The van der Waals surface area contributed by atoms with Crippen molar-refractivity contribution in [2.45, 2.75) is 6.92 Å². The molecule has 1 N–H and O–H groups in total. The van der Waals surface area contributed by atoms with E-state index in [2.05, 4.69) is 5.32 Å². The topological polar surface area (TPSA) is 56.8 Å². The first-order chi connectivity index (χ1) is 10.7. The number of ether oxygens (including phenoxy) is 3. The first-order valence-corrected chi connectivity index (χ1v) is 6.94. The van der Waals surface area contributed by atoms with Gasteiger partial charge in [0.2, 0.25) is 0 Å². The third kappa shape index (κ3) is 3.69. The van der Waals surface area contributed by atoms with Gasteiger partial charge in [0, 0.05) is 17.3 Å². The van der Waals surface area contributed by atoms with Crippen LogP contribution in [0.15, 0.2) is 42.5 Å². The van der Waals surface area contributed by atoms with E-state index in [1.54, 1.807) is 56.7 Å². The van der Waals surface area contributed by atoms with Gasteiger partial charge in [0.15, 0.2) is 11.5 Å². The van der Waals surface area contributed by atoms with Crippen LogP contribution in [0.3, 0.4) is 0 Å². The van der Waals surface area contributed by atoms with Crippen LogP contribution >= 0.6 is 0 Å². The van der Waals surface area contributed by atoms with Gasteiger partial charge < -0.3 is 19.5 Å². The molecule has 1 amide bonds. The van der Waals surface area contributed by atoms with Gasteiger partial charge in [0.1, 0.15) is 5.75 Å². The van der Waals surface area contributed by atoms with E-state index < -0.39 is 0 Å². The molecule has 0 aromatic heterocycles. The van der Waals surface area contributed by atoms with Crippen LogP contribution in [0.4, 0.5) is 5.69 Å². The number of rotatable bonds is 6. The van der Waals surface area contributed by atoms with Crippen molar-refractivity contribution in [1.29, 1.82) is 0 Å². The van der Waals surface area contributed by atoms with Gasteiger partial charge in [0.25, 0.3) is 5.91 Å². The molecule has 2 rings (SSSR count). The summed E-state index contributed by atoms with van der Waals surface area (Å²) in [5, 5.41) is 2.83. The Bertz CT molecular complexity index is 638. The lowest BCUT2D eigenvalue weighted by Gasteiger charge is -2.12. The van der Waals surface area contributed by atoms with Crippen LogP contribution in [0.25, 0.3) is 0 Å². The van der Waals surface area contributed by atoms with E-state index in [-0.39, 0.29) is 5.91 Å². The highest BCUT2D eigenvalue weighted by Gasteiger charge is 2.09. The van der Waals surface area contributed by atoms with E-state index in [0.717, 1.165) is 0 Å². The smallest absolute Gasteiger partial charge is 0.255 e. The summed E-state index contributed by atoms with van der Waals surface area (Å²) in [7, 11) is 3.16. The fraction of sp³-hybridized carbons (Fsp3) is 0.235. The number of benzene rings is 2. The van der Waals surface area contributed by atoms with Crippen LogP contribution in [0.5, 0.6) is 17.2 Å². The summed E-state index contributed by atoms with van der Waals surface area (Å²) in [4.78, 5) is 12.2. The SMILES string of the molecule is CCOc1cc(NC(=O)c2ccc(OC)cc2)ccc1OC. The van der Waals surface area contributed by atoms with E-state index in [1.165, 1.54) is 0 Å². The summed E-state index contributed by atoms with van der Waals surface area (Å²) in [5.74, 6) is 1.73. The number of anilines is 1. The van der Waals surface area contributed by atoms with Crippen LogP contribution < -0.4 is 19.5 Å². The third-order valence-electron chi connectivity index (χ3n) is 3.07. The second kappa shape index (κ2) is 7.36. The molecule has 0 saturated carbocycles. The zero-order chi connectivity index (χ0) is 15.9. The Morgan fingerprint density at radius 2 is 1.73 bits per heavy atom. The minimum atomic E-state index is -0.199. The highest BCUT2D eigenvalue weighted by molar-refractivity contribution is 6.04. The number of carbonyl (C=O) groups excluding carboxylic acids is 1. The van der Waals surface area contributed by atoms with Gasteiger partial charge in [0.05, 0.1) is 20.8 Å². The average Bonchev–Trinajstić information content (AvgIpc) is 2.55. The minimum Gasteiger partial charge on any atom is -0.497 e. The fourth-order valence-electron chi connectivity index (χ4n) is 1.97. The maximum Gasteiger partial charge on any atom is 0.255 e. The molecule has 0 aliphatic heterocycles. The largest absolute Gasteiger partial charge is 0.497 e. The van der Waals surface area contributed by atoms with Gasteiger partial charge in [-0.25, -0.2) is 0 Å². The molecule has 0 bridgehead atoms. The zero-order valence-electron chi connectivity index (χ0n) is 12.9. The third-order valence-corrected chi connectivity index (χ3v) is 3.07. The van der Waals surface area contributed by atoms with Crippen LogP contribution in [0.2, 0.25) is 0 Å². The standard InChI is InChI=1S/C17H19NO4/c1-4-22-16-11-13(7-10-15(16)21-3)18-17(19)12-5-8-14(20-2)9-6-12/h5-11H,4H2,1-3H3,(H,18,19). The summed E-state index contributed by atoms with van der Waals surface area (Å²) >= 11 is 0. The summed E-state index contributed by atoms with van der Waals surface area (Å²) in [5.41, 5.74) is 1.19. The molecule has 0 fully saturated rings. The normalized spacial score (nSPS) is 9.95. The summed E-state index contributed by atoms with van der Waals surface area (Å²) in [6.07, 6.45) is 0. The lowest BCUT2D eigenvalue weighted by molar-refractivity contribution is 0.102. The molecular formula is C17H19NO4. The minimum absolute atomic E-state index is 0.199.